The van der Waals surface area contributed by atoms with Gasteiger partial charge in [0.05, 0.1) is 0 Å². The fraction of sp³-hybridized carbons (Fsp3) is 0.250. The van der Waals surface area contributed by atoms with E-state index in [1.165, 1.54) is 5.56 Å². The highest BCUT2D eigenvalue weighted by molar-refractivity contribution is 7.73. The molecule has 0 aromatic heterocycles. The first kappa shape index (κ1) is 8.37. The third kappa shape index (κ3) is 1.75. The molecule has 0 radical (unpaired) electrons. The molecule has 70 valence electrons. The van der Waals surface area contributed by atoms with Crippen LogP contribution in [0.5, 0.6) is 0 Å². The number of rotatable bonds is 2. The van der Waals surface area contributed by atoms with Gasteiger partial charge >= 0.3 is 0 Å². The molecule has 0 saturated carbocycles. The van der Waals surface area contributed by atoms with E-state index in [1.54, 1.807) is 6.07 Å². The van der Waals surface area contributed by atoms with Crippen molar-refractivity contribution in [1.29, 1.82) is 0 Å². The molecule has 5 heteroatoms. The molecule has 13 heavy (non-hydrogen) atoms. The molecule has 1 aliphatic heterocycles. The Labute approximate surface area is 78.0 Å². The van der Waals surface area contributed by atoms with Gasteiger partial charge < -0.3 is 5.32 Å². The number of hydrogen-bond acceptors (Lipinski definition) is 3. The number of nitrogens with one attached hydrogen (secondary N) is 2. The molecule has 2 N–H and O–H groups in total. The highest BCUT2D eigenvalue weighted by Gasteiger charge is 2.09. The maximum absolute atomic E-state index is 10.4. The first-order valence-electron chi connectivity index (χ1n) is 4.03. The van der Waals surface area contributed by atoms with Crippen molar-refractivity contribution in [2.24, 2.45) is 0 Å². The second-order valence-corrected chi connectivity index (χ2v) is 3.66. The molecule has 1 heterocycles. The fourth-order valence-electron chi connectivity index (χ4n) is 1.48. The molecule has 2 rings (SSSR count). The molecule has 1 aliphatic rings. The third-order valence-corrected chi connectivity index (χ3v) is 2.48. The molecule has 1 aromatic rings. The lowest BCUT2D eigenvalue weighted by atomic mass is 10.1. The van der Waals surface area contributed by atoms with Crippen molar-refractivity contribution in [3.8, 4) is 0 Å². The Morgan fingerprint density at radius 2 is 2.23 bits per heavy atom. The number of fused-ring (bicyclic) bond motifs is 1. The van der Waals surface area contributed by atoms with E-state index in [2.05, 4.69) is 10.0 Å². The van der Waals surface area contributed by atoms with Crippen molar-refractivity contribution in [3.63, 3.8) is 0 Å². The van der Waals surface area contributed by atoms with Crippen molar-refractivity contribution >= 4 is 22.3 Å². The first-order chi connectivity index (χ1) is 6.25. The van der Waals surface area contributed by atoms with Gasteiger partial charge in [-0.15, -0.1) is 0 Å². The summed E-state index contributed by atoms with van der Waals surface area (Å²) in [5.41, 5.74) is 2.91. The van der Waals surface area contributed by atoms with Gasteiger partial charge in [-0.1, -0.05) is 0 Å². The summed E-state index contributed by atoms with van der Waals surface area (Å²) in [7, 11) is -2.55. The monoisotopic (exact) mass is 198 g/mol. The van der Waals surface area contributed by atoms with Crippen LogP contribution >= 0.6 is 0 Å². The highest BCUT2D eigenvalue weighted by Crippen LogP contribution is 2.24. The van der Waals surface area contributed by atoms with Crippen molar-refractivity contribution in [3.05, 3.63) is 23.8 Å². The molecule has 0 fully saturated rings. The normalized spacial score (nSPS) is 13.9. The topological polar surface area (TPSA) is 58.2 Å². The third-order valence-electron chi connectivity index (χ3n) is 2.04. The molecule has 1 aromatic carbocycles. The summed E-state index contributed by atoms with van der Waals surface area (Å²) in [5.74, 6) is 0. The summed E-state index contributed by atoms with van der Waals surface area (Å²) >= 11 is 0. The van der Waals surface area contributed by atoms with Crippen LogP contribution in [-0.2, 0) is 17.3 Å². The molecular weight excluding hydrogens is 188 g/mol. The summed E-state index contributed by atoms with van der Waals surface area (Å²) in [4.78, 5) is 0. The summed E-state index contributed by atoms with van der Waals surface area (Å²) in [6.07, 6.45) is 0.959. The van der Waals surface area contributed by atoms with Gasteiger partial charge in [0.2, 0.25) is 10.9 Å². The van der Waals surface area contributed by atoms with Gasteiger partial charge in [-0.2, -0.15) is 0 Å². The zero-order valence-electron chi connectivity index (χ0n) is 6.91. The van der Waals surface area contributed by atoms with E-state index in [0.717, 1.165) is 18.7 Å². The zero-order chi connectivity index (χ0) is 9.26. The minimum absolute atomic E-state index is 0.638. The number of hydrogen-bond donors (Lipinski definition) is 3. The Kier molecular flexibility index (Phi) is 2.10. The van der Waals surface area contributed by atoms with E-state index in [-0.39, 0.29) is 0 Å². The van der Waals surface area contributed by atoms with Crippen LogP contribution in [0.4, 0.5) is 11.4 Å². The smallest absolute Gasteiger partial charge is 0.222 e. The molecule has 0 atom stereocenters. The average Bonchev–Trinajstić information content (AvgIpc) is 2.49. The fourth-order valence-corrected chi connectivity index (χ4v) is 1.83. The average molecular weight is 198 g/mol. The van der Waals surface area contributed by atoms with E-state index in [9.17, 15) is 8.42 Å². The van der Waals surface area contributed by atoms with Gasteiger partial charge in [0.15, 0.2) is 0 Å². The number of benzene rings is 1. The first-order valence-corrected chi connectivity index (χ1v) is 5.21. The molecule has 0 spiro atoms. The zero-order valence-corrected chi connectivity index (χ0v) is 7.80. The van der Waals surface area contributed by atoms with E-state index < -0.39 is 10.9 Å². The van der Waals surface area contributed by atoms with Crippen LogP contribution in [0.1, 0.15) is 5.56 Å². The van der Waals surface area contributed by atoms with Crippen LogP contribution in [0.3, 0.4) is 0 Å². The second-order valence-electron chi connectivity index (χ2n) is 2.92. The van der Waals surface area contributed by atoms with Gasteiger partial charge in [0.1, 0.15) is 0 Å². The second kappa shape index (κ2) is 3.26. The van der Waals surface area contributed by atoms with Crippen molar-refractivity contribution < 1.29 is 8.42 Å². The number of thiol groups is 1. The Morgan fingerprint density at radius 3 is 3.00 bits per heavy atom. The molecule has 0 unspecified atom stereocenters. The molecular formula is C8H10N2O2S. The van der Waals surface area contributed by atoms with Gasteiger partial charge in [-0.25, -0.2) is 8.42 Å². The van der Waals surface area contributed by atoms with Crippen LogP contribution in [0.2, 0.25) is 0 Å². The van der Waals surface area contributed by atoms with Gasteiger partial charge in [-0.3, -0.25) is 4.72 Å². The highest BCUT2D eigenvalue weighted by atomic mass is 32.2. The molecule has 0 aliphatic carbocycles. The van der Waals surface area contributed by atoms with Crippen molar-refractivity contribution in [2.45, 2.75) is 6.42 Å². The van der Waals surface area contributed by atoms with Crippen LogP contribution in [-0.4, -0.2) is 15.0 Å². The van der Waals surface area contributed by atoms with Crippen LogP contribution in [0.15, 0.2) is 18.2 Å². The lowest BCUT2D eigenvalue weighted by Crippen LogP contribution is -1.95. The molecule has 0 amide bonds. The standard InChI is InChI=1S/C8H10N2O2S/c11-13(12)10-7-1-2-8-6(5-7)3-4-9-8/h1-2,5,9,13H,3-4H2,(H,10,11,12). The minimum atomic E-state index is -2.55. The lowest BCUT2D eigenvalue weighted by molar-refractivity contribution is 0.619. The van der Waals surface area contributed by atoms with Crippen LogP contribution in [0.25, 0.3) is 0 Å². The Morgan fingerprint density at radius 1 is 1.38 bits per heavy atom. The Balaban J connectivity index is 2.30. The summed E-state index contributed by atoms with van der Waals surface area (Å²) in [6, 6.07) is 5.51. The molecule has 0 saturated heterocycles. The minimum Gasteiger partial charge on any atom is -0.384 e. The van der Waals surface area contributed by atoms with E-state index in [0.29, 0.717) is 5.69 Å². The quantitative estimate of drug-likeness (QED) is 0.610. The van der Waals surface area contributed by atoms with E-state index in [1.807, 2.05) is 12.1 Å². The van der Waals surface area contributed by atoms with Crippen LogP contribution in [0, 0.1) is 0 Å². The van der Waals surface area contributed by atoms with E-state index >= 15 is 0 Å². The summed E-state index contributed by atoms with van der Waals surface area (Å²) < 4.78 is 23.1. The summed E-state index contributed by atoms with van der Waals surface area (Å²) in [5, 5.41) is 3.20. The number of anilines is 2. The van der Waals surface area contributed by atoms with Gasteiger partial charge in [0.25, 0.3) is 0 Å². The maximum Gasteiger partial charge on any atom is 0.222 e. The summed E-state index contributed by atoms with van der Waals surface area (Å²) in [6.45, 7) is 0.933. The Bertz CT molecular complexity index is 393. The van der Waals surface area contributed by atoms with E-state index in [4.69, 9.17) is 0 Å². The molecule has 0 bridgehead atoms. The SMILES string of the molecule is O=[SH](=O)Nc1ccc2c(c1)CCN2. The van der Waals surface area contributed by atoms with Gasteiger partial charge in [0, 0.05) is 17.9 Å². The van der Waals surface area contributed by atoms with Crippen LogP contribution < -0.4 is 10.0 Å². The van der Waals surface area contributed by atoms with Crippen molar-refractivity contribution in [1.82, 2.24) is 0 Å². The Hall–Kier alpha value is -1.23. The predicted octanol–water partition coefficient (Wildman–Crippen LogP) is 0.593. The van der Waals surface area contributed by atoms with Gasteiger partial charge in [-0.05, 0) is 30.2 Å². The maximum atomic E-state index is 10.4. The van der Waals surface area contributed by atoms with Crippen molar-refractivity contribution in [2.75, 3.05) is 16.6 Å². The lowest BCUT2D eigenvalue weighted by Gasteiger charge is -2.02. The largest absolute Gasteiger partial charge is 0.384 e. The molecule has 4 nitrogen and oxygen atoms in total. The predicted molar refractivity (Wildman–Crippen MR) is 52.6 cm³/mol.